The van der Waals surface area contributed by atoms with Crippen LogP contribution >= 0.6 is 0 Å². The van der Waals surface area contributed by atoms with Crippen LogP contribution in [-0.4, -0.2) is 30.4 Å². The molecule has 0 spiro atoms. The van der Waals surface area contributed by atoms with Crippen molar-refractivity contribution < 1.29 is 4.79 Å². The van der Waals surface area contributed by atoms with E-state index in [0.29, 0.717) is 13.0 Å². The van der Waals surface area contributed by atoms with Gasteiger partial charge >= 0.3 is 0 Å². The molecule has 0 aromatic heterocycles. The number of nitrogens with two attached hydrogens (primary N) is 1. The van der Waals surface area contributed by atoms with E-state index in [1.807, 2.05) is 4.90 Å². The largest absolute Gasteiger partial charge is 0.342 e. The summed E-state index contributed by atoms with van der Waals surface area (Å²) in [5, 5.41) is 0. The highest BCUT2D eigenvalue weighted by molar-refractivity contribution is 5.76. The Morgan fingerprint density at radius 2 is 1.93 bits per heavy atom. The zero-order valence-electron chi connectivity index (χ0n) is 8.74. The van der Waals surface area contributed by atoms with Crippen molar-refractivity contribution in [2.45, 2.75) is 32.1 Å². The number of rotatable bonds is 2. The first-order valence-electron chi connectivity index (χ1n) is 5.77. The van der Waals surface area contributed by atoms with E-state index in [9.17, 15) is 4.79 Å². The highest BCUT2D eigenvalue weighted by Gasteiger charge is 2.31. The van der Waals surface area contributed by atoms with Gasteiger partial charge in [0.25, 0.3) is 0 Å². The minimum atomic E-state index is 0.268. The van der Waals surface area contributed by atoms with Crippen molar-refractivity contribution in [1.29, 1.82) is 0 Å². The molecule has 1 amide bonds. The molecule has 80 valence electrons. The van der Waals surface area contributed by atoms with E-state index in [1.165, 1.54) is 25.7 Å². The zero-order valence-corrected chi connectivity index (χ0v) is 8.74. The van der Waals surface area contributed by atoms with Crippen LogP contribution in [0.1, 0.15) is 32.1 Å². The Balaban J connectivity index is 1.91. The molecule has 2 aliphatic rings. The highest BCUT2D eigenvalue weighted by Crippen LogP contribution is 2.34. The average molecular weight is 196 g/mol. The number of piperidine rings is 1. The van der Waals surface area contributed by atoms with Crippen LogP contribution in [-0.2, 0) is 4.79 Å². The summed E-state index contributed by atoms with van der Waals surface area (Å²) in [5.74, 6) is 1.83. The Morgan fingerprint density at radius 3 is 2.50 bits per heavy atom. The SMILES string of the molecule is NCCC(=O)N1CC2CCCC(C2)C1. The molecule has 0 radical (unpaired) electrons. The summed E-state index contributed by atoms with van der Waals surface area (Å²) in [4.78, 5) is 13.7. The van der Waals surface area contributed by atoms with E-state index in [1.54, 1.807) is 0 Å². The maximum atomic E-state index is 11.7. The summed E-state index contributed by atoms with van der Waals surface area (Å²) in [6, 6.07) is 0. The molecule has 2 bridgehead atoms. The summed E-state index contributed by atoms with van der Waals surface area (Å²) in [6.45, 7) is 2.48. The molecule has 1 heterocycles. The van der Waals surface area contributed by atoms with Gasteiger partial charge in [0.1, 0.15) is 0 Å². The molecule has 1 aliphatic heterocycles. The molecule has 2 rings (SSSR count). The molecule has 2 atom stereocenters. The number of amides is 1. The van der Waals surface area contributed by atoms with E-state index in [0.717, 1.165) is 24.9 Å². The van der Waals surface area contributed by atoms with Crippen LogP contribution in [0.3, 0.4) is 0 Å². The summed E-state index contributed by atoms with van der Waals surface area (Å²) in [7, 11) is 0. The molecule has 2 unspecified atom stereocenters. The molecular formula is C11H20N2O. The molecule has 3 nitrogen and oxygen atoms in total. The molecular weight excluding hydrogens is 176 g/mol. The topological polar surface area (TPSA) is 46.3 Å². The number of hydrogen-bond acceptors (Lipinski definition) is 2. The van der Waals surface area contributed by atoms with Gasteiger partial charge in [0, 0.05) is 26.1 Å². The van der Waals surface area contributed by atoms with Gasteiger partial charge < -0.3 is 10.6 Å². The number of fused-ring (bicyclic) bond motifs is 2. The third-order valence-electron chi connectivity index (χ3n) is 3.56. The first kappa shape index (κ1) is 9.97. The predicted molar refractivity (Wildman–Crippen MR) is 55.7 cm³/mol. The molecule has 0 aromatic rings. The van der Waals surface area contributed by atoms with Gasteiger partial charge in [-0.05, 0) is 31.1 Å². The van der Waals surface area contributed by atoms with Gasteiger partial charge in [-0.15, -0.1) is 0 Å². The van der Waals surface area contributed by atoms with Gasteiger partial charge in [0.15, 0.2) is 0 Å². The third-order valence-corrected chi connectivity index (χ3v) is 3.56. The summed E-state index contributed by atoms with van der Waals surface area (Å²) in [6.07, 6.45) is 5.89. The number of carbonyl (C=O) groups excluding carboxylic acids is 1. The van der Waals surface area contributed by atoms with Gasteiger partial charge in [-0.25, -0.2) is 0 Å². The van der Waals surface area contributed by atoms with Crippen LogP contribution < -0.4 is 5.73 Å². The lowest BCUT2D eigenvalue weighted by atomic mass is 9.78. The second-order valence-corrected chi connectivity index (χ2v) is 4.74. The Hall–Kier alpha value is -0.570. The lowest BCUT2D eigenvalue weighted by molar-refractivity contribution is -0.134. The van der Waals surface area contributed by atoms with Gasteiger partial charge in [-0.3, -0.25) is 4.79 Å². The van der Waals surface area contributed by atoms with Crippen molar-refractivity contribution in [2.24, 2.45) is 17.6 Å². The number of carbonyl (C=O) groups is 1. The number of hydrogen-bond donors (Lipinski definition) is 1. The minimum absolute atomic E-state index is 0.268. The van der Waals surface area contributed by atoms with E-state index in [-0.39, 0.29) is 5.91 Å². The zero-order chi connectivity index (χ0) is 9.97. The Bertz CT molecular complexity index is 205. The second-order valence-electron chi connectivity index (χ2n) is 4.74. The smallest absolute Gasteiger partial charge is 0.223 e. The minimum Gasteiger partial charge on any atom is -0.342 e. The summed E-state index contributed by atoms with van der Waals surface area (Å²) < 4.78 is 0. The maximum absolute atomic E-state index is 11.7. The fraction of sp³-hybridized carbons (Fsp3) is 0.909. The van der Waals surface area contributed by atoms with Gasteiger partial charge in [-0.1, -0.05) is 6.42 Å². The van der Waals surface area contributed by atoms with Crippen LogP contribution in [0.15, 0.2) is 0 Å². The van der Waals surface area contributed by atoms with E-state index < -0.39 is 0 Å². The third kappa shape index (κ3) is 2.08. The maximum Gasteiger partial charge on any atom is 0.223 e. The fourth-order valence-corrected chi connectivity index (χ4v) is 2.92. The van der Waals surface area contributed by atoms with Crippen LogP contribution in [0.4, 0.5) is 0 Å². The second kappa shape index (κ2) is 4.30. The van der Waals surface area contributed by atoms with E-state index >= 15 is 0 Å². The van der Waals surface area contributed by atoms with Crippen molar-refractivity contribution in [1.82, 2.24) is 4.90 Å². The number of likely N-dealkylation sites (tertiary alicyclic amines) is 1. The van der Waals surface area contributed by atoms with Crippen molar-refractivity contribution in [3.8, 4) is 0 Å². The molecule has 3 heteroatoms. The van der Waals surface area contributed by atoms with E-state index in [2.05, 4.69) is 0 Å². The monoisotopic (exact) mass is 196 g/mol. The predicted octanol–water partition coefficient (Wildman–Crippen LogP) is 0.984. The molecule has 0 aromatic carbocycles. The fourth-order valence-electron chi connectivity index (χ4n) is 2.92. The Labute approximate surface area is 85.6 Å². The van der Waals surface area contributed by atoms with Crippen molar-refractivity contribution in [3.05, 3.63) is 0 Å². The first-order chi connectivity index (χ1) is 6.79. The van der Waals surface area contributed by atoms with E-state index in [4.69, 9.17) is 5.73 Å². The van der Waals surface area contributed by atoms with Gasteiger partial charge in [-0.2, -0.15) is 0 Å². The van der Waals surface area contributed by atoms with Gasteiger partial charge in [0.2, 0.25) is 5.91 Å². The van der Waals surface area contributed by atoms with Crippen molar-refractivity contribution in [2.75, 3.05) is 19.6 Å². The highest BCUT2D eigenvalue weighted by atomic mass is 16.2. The van der Waals surface area contributed by atoms with Crippen LogP contribution in [0.5, 0.6) is 0 Å². The quantitative estimate of drug-likeness (QED) is 0.715. The molecule has 1 saturated carbocycles. The lowest BCUT2D eigenvalue weighted by Gasteiger charge is -2.41. The van der Waals surface area contributed by atoms with Crippen LogP contribution in [0.2, 0.25) is 0 Å². The Kier molecular flexibility index (Phi) is 3.06. The summed E-state index contributed by atoms with van der Waals surface area (Å²) >= 11 is 0. The van der Waals surface area contributed by atoms with Crippen LogP contribution in [0, 0.1) is 11.8 Å². The van der Waals surface area contributed by atoms with Crippen molar-refractivity contribution in [3.63, 3.8) is 0 Å². The average Bonchev–Trinajstić information content (AvgIpc) is 2.17. The lowest BCUT2D eigenvalue weighted by Crippen LogP contribution is -2.46. The first-order valence-corrected chi connectivity index (χ1v) is 5.77. The number of nitrogens with zero attached hydrogens (tertiary/aromatic N) is 1. The standard InChI is InChI=1S/C11H20N2O/c12-5-4-11(14)13-7-9-2-1-3-10(6-9)8-13/h9-10H,1-8,12H2. The van der Waals surface area contributed by atoms with Gasteiger partial charge in [0.05, 0.1) is 0 Å². The van der Waals surface area contributed by atoms with Crippen molar-refractivity contribution >= 4 is 5.91 Å². The normalized spacial score (nSPS) is 31.6. The summed E-state index contributed by atoms with van der Waals surface area (Å²) in [5.41, 5.74) is 5.40. The molecule has 1 saturated heterocycles. The molecule has 2 fully saturated rings. The van der Waals surface area contributed by atoms with Crippen LogP contribution in [0.25, 0.3) is 0 Å². The molecule has 1 aliphatic carbocycles. The molecule has 2 N–H and O–H groups in total. The molecule has 14 heavy (non-hydrogen) atoms. The Morgan fingerprint density at radius 1 is 1.29 bits per heavy atom.